The van der Waals surface area contributed by atoms with E-state index in [9.17, 15) is 0 Å². The Morgan fingerprint density at radius 2 is 2.17 bits per heavy atom. The third-order valence-corrected chi connectivity index (χ3v) is 3.41. The van der Waals surface area contributed by atoms with Gasteiger partial charge in [0.2, 0.25) is 7.42 Å². The summed E-state index contributed by atoms with van der Waals surface area (Å²) in [6, 6.07) is 0.826. The van der Waals surface area contributed by atoms with E-state index in [2.05, 4.69) is 13.5 Å². The maximum Gasteiger partial charge on any atom is 0.239 e. The lowest BCUT2D eigenvalue weighted by atomic mass is 10.3. The first-order valence-corrected chi connectivity index (χ1v) is 8.41. The first kappa shape index (κ1) is 12.5. The van der Waals surface area contributed by atoms with E-state index in [-0.39, 0.29) is 6.10 Å². The van der Waals surface area contributed by atoms with Crippen LogP contribution in [0.1, 0.15) is 20.3 Å². The minimum atomic E-state index is -1.52. The summed E-state index contributed by atoms with van der Waals surface area (Å²) in [4.78, 5) is 0. The smallest absolute Gasteiger partial charge is 0.239 e. The lowest BCUT2D eigenvalue weighted by molar-refractivity contribution is 0.0812. The average Bonchev–Trinajstić information content (AvgIpc) is 1.97. The van der Waals surface area contributed by atoms with E-state index in [1.165, 1.54) is 0 Å². The van der Waals surface area contributed by atoms with Crippen LogP contribution in [0.25, 0.3) is 0 Å². The molecule has 1 unspecified atom stereocenters. The molecular formula is C8H16Cl2OSi. The van der Waals surface area contributed by atoms with Gasteiger partial charge in [-0.15, -0.1) is 0 Å². The second-order valence-corrected chi connectivity index (χ2v) is 8.01. The minimum Gasteiger partial charge on any atom is -0.374 e. The highest BCUT2D eigenvalue weighted by atomic mass is 35.7. The molecule has 0 rings (SSSR count). The predicted molar refractivity (Wildman–Crippen MR) is 58.5 cm³/mol. The molecule has 1 nitrogen and oxygen atoms in total. The molecule has 0 aromatic heterocycles. The molecular weight excluding hydrogens is 211 g/mol. The molecule has 0 spiro atoms. The zero-order chi connectivity index (χ0) is 9.56. The van der Waals surface area contributed by atoms with Gasteiger partial charge in [0.1, 0.15) is 0 Å². The maximum absolute atomic E-state index is 5.77. The van der Waals surface area contributed by atoms with Gasteiger partial charge in [-0.3, -0.25) is 0 Å². The van der Waals surface area contributed by atoms with E-state index < -0.39 is 7.42 Å². The van der Waals surface area contributed by atoms with Gasteiger partial charge in [-0.1, -0.05) is 19.1 Å². The Kier molecular flexibility index (Phi) is 7.24. The van der Waals surface area contributed by atoms with Crippen LogP contribution in [0.5, 0.6) is 0 Å². The van der Waals surface area contributed by atoms with Crippen LogP contribution in [0.3, 0.4) is 0 Å². The van der Waals surface area contributed by atoms with E-state index in [4.69, 9.17) is 26.9 Å². The standard InChI is InChI=1S/C8H16Cl2OSi/c1-4-8(6-12(9)10)11-5-7(2)3/h8,12H,2,4-6H2,1,3H3. The van der Waals surface area contributed by atoms with Crippen LogP contribution in [-0.4, -0.2) is 20.1 Å². The van der Waals surface area contributed by atoms with Gasteiger partial charge in [0.25, 0.3) is 0 Å². The number of hydrogen-bond donors (Lipinski definition) is 0. The minimum absolute atomic E-state index is 0.216. The summed E-state index contributed by atoms with van der Waals surface area (Å²) in [5.74, 6) is 0. The summed E-state index contributed by atoms with van der Waals surface area (Å²) >= 11 is 11.5. The summed E-state index contributed by atoms with van der Waals surface area (Å²) in [6.07, 6.45) is 1.18. The van der Waals surface area contributed by atoms with Gasteiger partial charge in [-0.2, -0.15) is 22.2 Å². The largest absolute Gasteiger partial charge is 0.374 e. The fraction of sp³-hybridized carbons (Fsp3) is 0.750. The first-order valence-electron chi connectivity index (χ1n) is 4.10. The van der Waals surface area contributed by atoms with Crippen molar-refractivity contribution in [2.75, 3.05) is 6.61 Å². The van der Waals surface area contributed by atoms with Crippen molar-refractivity contribution in [1.29, 1.82) is 0 Å². The van der Waals surface area contributed by atoms with Crippen molar-refractivity contribution in [1.82, 2.24) is 0 Å². The van der Waals surface area contributed by atoms with Crippen LogP contribution in [-0.2, 0) is 4.74 Å². The van der Waals surface area contributed by atoms with E-state index >= 15 is 0 Å². The lowest BCUT2D eigenvalue weighted by Crippen LogP contribution is -2.16. The number of hydrogen-bond acceptors (Lipinski definition) is 1. The molecule has 72 valence electrons. The van der Waals surface area contributed by atoms with Crippen LogP contribution >= 0.6 is 22.2 Å². The van der Waals surface area contributed by atoms with Crippen molar-refractivity contribution in [2.45, 2.75) is 32.4 Å². The van der Waals surface area contributed by atoms with Crippen molar-refractivity contribution in [3.05, 3.63) is 12.2 Å². The second kappa shape index (κ2) is 6.95. The van der Waals surface area contributed by atoms with Crippen molar-refractivity contribution in [2.24, 2.45) is 0 Å². The zero-order valence-corrected chi connectivity index (χ0v) is 10.3. The van der Waals surface area contributed by atoms with Crippen molar-refractivity contribution in [3.63, 3.8) is 0 Å². The van der Waals surface area contributed by atoms with E-state index in [0.717, 1.165) is 18.0 Å². The van der Waals surface area contributed by atoms with Crippen LogP contribution in [0, 0.1) is 0 Å². The monoisotopic (exact) mass is 226 g/mol. The molecule has 1 atom stereocenters. The predicted octanol–water partition coefficient (Wildman–Crippen LogP) is 3.06. The highest BCUT2D eigenvalue weighted by Crippen LogP contribution is 2.13. The van der Waals surface area contributed by atoms with Gasteiger partial charge in [0.15, 0.2) is 0 Å². The Hall–Kier alpha value is 0.497. The molecule has 0 aromatic carbocycles. The number of ether oxygens (including phenoxy) is 1. The SMILES string of the molecule is C=C(C)COC(CC)C[SiH](Cl)Cl. The molecule has 12 heavy (non-hydrogen) atoms. The van der Waals surface area contributed by atoms with Crippen LogP contribution in [0.4, 0.5) is 0 Å². The molecule has 0 saturated heterocycles. The van der Waals surface area contributed by atoms with E-state index in [0.29, 0.717) is 6.61 Å². The van der Waals surface area contributed by atoms with Gasteiger partial charge in [0, 0.05) is 0 Å². The molecule has 0 amide bonds. The molecule has 0 N–H and O–H groups in total. The zero-order valence-electron chi connectivity index (χ0n) is 7.65. The molecule has 0 heterocycles. The summed E-state index contributed by atoms with van der Waals surface area (Å²) in [5, 5.41) is 0. The Balaban J connectivity index is 3.60. The van der Waals surface area contributed by atoms with E-state index in [1.54, 1.807) is 0 Å². The fourth-order valence-electron chi connectivity index (χ4n) is 0.811. The van der Waals surface area contributed by atoms with Crippen molar-refractivity contribution in [3.8, 4) is 0 Å². The van der Waals surface area contributed by atoms with Crippen LogP contribution in [0.15, 0.2) is 12.2 Å². The lowest BCUT2D eigenvalue weighted by Gasteiger charge is -2.15. The quantitative estimate of drug-likeness (QED) is 0.385. The van der Waals surface area contributed by atoms with Crippen LogP contribution < -0.4 is 0 Å². The van der Waals surface area contributed by atoms with Crippen molar-refractivity contribution >= 4 is 29.6 Å². The Bertz CT molecular complexity index is 139. The molecule has 0 aliphatic rings. The Morgan fingerprint density at radius 1 is 1.58 bits per heavy atom. The Labute approximate surface area is 85.7 Å². The molecule has 0 bridgehead atoms. The Morgan fingerprint density at radius 3 is 2.50 bits per heavy atom. The fourth-order valence-corrected chi connectivity index (χ4v) is 2.87. The van der Waals surface area contributed by atoms with Crippen molar-refractivity contribution < 1.29 is 4.74 Å². The molecule has 0 aliphatic heterocycles. The molecule has 0 fully saturated rings. The molecule has 0 radical (unpaired) electrons. The van der Waals surface area contributed by atoms with Gasteiger partial charge < -0.3 is 4.74 Å². The summed E-state index contributed by atoms with van der Waals surface area (Å²) in [6.45, 7) is 8.40. The molecule has 0 aliphatic carbocycles. The average molecular weight is 227 g/mol. The first-order chi connectivity index (χ1) is 5.56. The number of halogens is 2. The second-order valence-electron chi connectivity index (χ2n) is 2.93. The summed E-state index contributed by atoms with van der Waals surface area (Å²) < 4.78 is 5.53. The normalized spacial score (nSPS) is 13.4. The van der Waals surface area contributed by atoms with Gasteiger partial charge >= 0.3 is 0 Å². The van der Waals surface area contributed by atoms with Gasteiger partial charge in [0.05, 0.1) is 12.7 Å². The topological polar surface area (TPSA) is 9.23 Å². The maximum atomic E-state index is 5.77. The van der Waals surface area contributed by atoms with Gasteiger partial charge in [-0.05, 0) is 19.4 Å². The highest BCUT2D eigenvalue weighted by Gasteiger charge is 2.12. The third kappa shape index (κ3) is 7.16. The molecule has 0 aromatic rings. The van der Waals surface area contributed by atoms with Gasteiger partial charge in [-0.25, -0.2) is 0 Å². The van der Waals surface area contributed by atoms with E-state index in [1.807, 2.05) is 6.92 Å². The number of rotatable bonds is 6. The summed E-state index contributed by atoms with van der Waals surface area (Å²) in [5.41, 5.74) is 1.04. The summed E-state index contributed by atoms with van der Waals surface area (Å²) in [7, 11) is -1.52. The van der Waals surface area contributed by atoms with Crippen LogP contribution in [0.2, 0.25) is 6.04 Å². The third-order valence-electron chi connectivity index (χ3n) is 1.46. The molecule has 4 heteroatoms. The highest BCUT2D eigenvalue weighted by molar-refractivity contribution is 7.33. The molecule has 0 saturated carbocycles.